The number of hydrogen-bond donors (Lipinski definition) is 0. The van der Waals surface area contributed by atoms with E-state index in [1.807, 2.05) is 0 Å². The Morgan fingerprint density at radius 3 is 2.03 bits per heavy atom. The smallest absolute Gasteiger partial charge is 0.303 e. The summed E-state index contributed by atoms with van der Waals surface area (Å²) in [7, 11) is 0. The van der Waals surface area contributed by atoms with Gasteiger partial charge in [0, 0.05) is 39.0 Å². The van der Waals surface area contributed by atoms with Crippen LogP contribution in [0.3, 0.4) is 0 Å². The first-order chi connectivity index (χ1) is 15.9. The lowest BCUT2D eigenvalue weighted by atomic mass is 9.44. The fraction of sp³-hybridized carbons (Fsp3) is 0.852. The first-order valence-electron chi connectivity index (χ1n) is 13.0. The molecule has 4 fully saturated rings. The molecule has 4 rings (SSSR count). The topological polar surface area (TPSA) is 96.0 Å². The Bertz CT molecular complexity index is 867. The highest BCUT2D eigenvalue weighted by atomic mass is 16.6. The maximum Gasteiger partial charge on any atom is 0.303 e. The number of carbonyl (C=O) groups is 4. The van der Waals surface area contributed by atoms with E-state index in [0.717, 1.165) is 32.1 Å². The predicted octanol–water partition coefficient (Wildman–Crippen LogP) is 4.25. The van der Waals surface area contributed by atoms with Gasteiger partial charge in [0.1, 0.15) is 18.0 Å². The molecular formula is C27H40O7. The molecule has 4 saturated carbocycles. The molecule has 0 aromatic heterocycles. The molecule has 7 nitrogen and oxygen atoms in total. The summed E-state index contributed by atoms with van der Waals surface area (Å²) >= 11 is 0. The third-order valence-corrected chi connectivity index (χ3v) is 10.0. The van der Waals surface area contributed by atoms with Crippen molar-refractivity contribution in [2.24, 2.45) is 40.4 Å². The molecule has 190 valence electrons. The van der Waals surface area contributed by atoms with Gasteiger partial charge in [-0.1, -0.05) is 20.8 Å². The van der Waals surface area contributed by atoms with Gasteiger partial charge in [-0.2, -0.15) is 0 Å². The van der Waals surface area contributed by atoms with E-state index in [2.05, 4.69) is 20.8 Å². The Labute approximate surface area is 202 Å². The molecule has 0 bridgehead atoms. The Balaban J connectivity index is 1.71. The van der Waals surface area contributed by atoms with Crippen molar-refractivity contribution in [3.05, 3.63) is 0 Å². The summed E-state index contributed by atoms with van der Waals surface area (Å²) in [5, 5.41) is 0. The van der Waals surface area contributed by atoms with Crippen molar-refractivity contribution in [3.63, 3.8) is 0 Å². The van der Waals surface area contributed by atoms with Crippen molar-refractivity contribution in [1.29, 1.82) is 0 Å². The molecule has 7 heteroatoms. The van der Waals surface area contributed by atoms with E-state index in [1.54, 1.807) is 0 Å². The minimum atomic E-state index is -0.814. The third-order valence-electron chi connectivity index (χ3n) is 10.0. The van der Waals surface area contributed by atoms with E-state index in [9.17, 15) is 19.2 Å². The molecule has 0 saturated heterocycles. The number of ether oxygens (including phenoxy) is 3. The van der Waals surface area contributed by atoms with Crippen LogP contribution in [-0.4, -0.2) is 42.0 Å². The van der Waals surface area contributed by atoms with Crippen molar-refractivity contribution in [1.82, 2.24) is 0 Å². The number of ketones is 1. The summed E-state index contributed by atoms with van der Waals surface area (Å²) in [6.45, 7) is 10.7. The van der Waals surface area contributed by atoms with Crippen LogP contribution < -0.4 is 0 Å². The normalized spacial score (nSPS) is 45.4. The van der Waals surface area contributed by atoms with E-state index in [1.165, 1.54) is 20.8 Å². The highest BCUT2D eigenvalue weighted by Gasteiger charge is 2.65. The number of carbonyl (C=O) groups excluding carboxylic acids is 4. The van der Waals surface area contributed by atoms with Crippen LogP contribution in [0.2, 0.25) is 0 Å². The van der Waals surface area contributed by atoms with Crippen LogP contribution in [0.15, 0.2) is 0 Å². The first kappa shape index (κ1) is 25.2. The van der Waals surface area contributed by atoms with E-state index in [4.69, 9.17) is 14.2 Å². The van der Waals surface area contributed by atoms with Gasteiger partial charge >= 0.3 is 17.9 Å². The minimum absolute atomic E-state index is 0.00255. The number of hydrogen-bond acceptors (Lipinski definition) is 7. The largest absolute Gasteiger partial charge is 0.458 e. The van der Waals surface area contributed by atoms with Crippen molar-refractivity contribution < 1.29 is 33.4 Å². The van der Waals surface area contributed by atoms with E-state index in [-0.39, 0.29) is 22.7 Å². The van der Waals surface area contributed by atoms with E-state index in [0.29, 0.717) is 36.4 Å². The van der Waals surface area contributed by atoms with Gasteiger partial charge < -0.3 is 14.2 Å². The monoisotopic (exact) mass is 476 g/mol. The van der Waals surface area contributed by atoms with Gasteiger partial charge in [-0.15, -0.1) is 0 Å². The Morgan fingerprint density at radius 2 is 1.44 bits per heavy atom. The van der Waals surface area contributed by atoms with Gasteiger partial charge in [0.2, 0.25) is 0 Å². The van der Waals surface area contributed by atoms with Crippen molar-refractivity contribution >= 4 is 23.7 Å². The van der Waals surface area contributed by atoms with Crippen LogP contribution in [0.25, 0.3) is 0 Å². The molecule has 0 radical (unpaired) electrons. The van der Waals surface area contributed by atoms with Gasteiger partial charge in [0.25, 0.3) is 0 Å². The molecule has 0 aromatic carbocycles. The molecule has 4 unspecified atom stereocenters. The average Bonchev–Trinajstić information content (AvgIpc) is 2.98. The summed E-state index contributed by atoms with van der Waals surface area (Å²) in [5.41, 5.74) is -0.204. The SMILES string of the molecule is CC[C@H]1C(=O)CC2C3CCC4[C@@H](OC(C)=O)[C@@H](OC(C)=O)[C@@H](OC(C)=O)C[C@]4(C)C3CC[C@@]21C. The molecule has 0 amide bonds. The fourth-order valence-corrected chi connectivity index (χ4v) is 8.90. The van der Waals surface area contributed by atoms with Crippen LogP contribution in [-0.2, 0) is 33.4 Å². The summed E-state index contributed by atoms with van der Waals surface area (Å²) in [5.74, 6) is 0.316. The number of fused-ring (bicyclic) bond motifs is 5. The summed E-state index contributed by atoms with van der Waals surface area (Å²) in [6, 6.07) is 0. The molecule has 0 spiro atoms. The molecule has 0 aromatic rings. The Morgan fingerprint density at radius 1 is 0.824 bits per heavy atom. The predicted molar refractivity (Wildman–Crippen MR) is 123 cm³/mol. The number of esters is 3. The standard InChI is InChI=1S/C27H40O7/c1-7-18-22(31)12-21-17-8-9-20-24(33-15(3)29)25(34-16(4)30)23(32-14(2)28)13-27(20,6)19(17)10-11-26(18,21)5/h17-21,23-25H,7-13H2,1-6H3/t17?,18-,19?,20?,21?,23-,24+,25-,26+,27+/m0/s1. The zero-order valence-corrected chi connectivity index (χ0v) is 21.4. The molecule has 34 heavy (non-hydrogen) atoms. The highest BCUT2D eigenvalue weighted by Crippen LogP contribution is 2.67. The molecule has 0 aliphatic heterocycles. The lowest BCUT2D eigenvalue weighted by molar-refractivity contribution is -0.234. The first-order valence-corrected chi connectivity index (χ1v) is 13.0. The van der Waals surface area contributed by atoms with Crippen molar-refractivity contribution in [2.75, 3.05) is 0 Å². The zero-order valence-electron chi connectivity index (χ0n) is 21.4. The quantitative estimate of drug-likeness (QED) is 0.442. The van der Waals surface area contributed by atoms with E-state index < -0.39 is 36.2 Å². The van der Waals surface area contributed by atoms with Gasteiger partial charge in [0.15, 0.2) is 6.10 Å². The third kappa shape index (κ3) is 3.97. The average molecular weight is 477 g/mol. The van der Waals surface area contributed by atoms with Crippen molar-refractivity contribution in [2.45, 2.75) is 105 Å². The van der Waals surface area contributed by atoms with Gasteiger partial charge in [-0.25, -0.2) is 0 Å². The second-order valence-electron chi connectivity index (χ2n) is 11.7. The number of Topliss-reactive ketones (excluding diaryl/α,β-unsaturated/α-hetero) is 1. The Kier molecular flexibility index (Phi) is 6.62. The van der Waals surface area contributed by atoms with Gasteiger partial charge in [0.05, 0.1) is 0 Å². The summed E-state index contributed by atoms with van der Waals surface area (Å²) < 4.78 is 17.2. The maximum absolute atomic E-state index is 12.9. The fourth-order valence-electron chi connectivity index (χ4n) is 8.90. The van der Waals surface area contributed by atoms with Crippen LogP contribution >= 0.6 is 0 Å². The molecule has 10 atom stereocenters. The molecule has 0 heterocycles. The lowest BCUT2D eigenvalue weighted by Gasteiger charge is -2.62. The highest BCUT2D eigenvalue weighted by molar-refractivity contribution is 5.84. The second kappa shape index (κ2) is 8.94. The summed E-state index contributed by atoms with van der Waals surface area (Å²) in [4.78, 5) is 49.0. The van der Waals surface area contributed by atoms with Crippen LogP contribution in [0.1, 0.15) is 86.5 Å². The molecular weight excluding hydrogens is 436 g/mol. The van der Waals surface area contributed by atoms with Gasteiger partial charge in [-0.3, -0.25) is 19.2 Å². The maximum atomic E-state index is 12.9. The molecule has 4 aliphatic rings. The minimum Gasteiger partial charge on any atom is -0.458 e. The lowest BCUT2D eigenvalue weighted by Crippen LogP contribution is -2.64. The van der Waals surface area contributed by atoms with Crippen LogP contribution in [0.4, 0.5) is 0 Å². The van der Waals surface area contributed by atoms with Gasteiger partial charge in [-0.05, 0) is 67.1 Å². The van der Waals surface area contributed by atoms with Crippen molar-refractivity contribution in [3.8, 4) is 0 Å². The number of rotatable bonds is 4. The molecule has 0 N–H and O–H groups in total. The molecule has 4 aliphatic carbocycles. The second-order valence-corrected chi connectivity index (χ2v) is 11.7. The summed E-state index contributed by atoms with van der Waals surface area (Å²) in [6.07, 6.45) is 3.79. The Hall–Kier alpha value is -1.92. The zero-order chi connectivity index (χ0) is 25.0. The van der Waals surface area contributed by atoms with E-state index >= 15 is 0 Å². The van der Waals surface area contributed by atoms with Crippen LogP contribution in [0.5, 0.6) is 0 Å². The van der Waals surface area contributed by atoms with Crippen LogP contribution in [0, 0.1) is 40.4 Å².